The first-order valence-corrected chi connectivity index (χ1v) is 6.58. The van der Waals surface area contributed by atoms with E-state index in [1.54, 1.807) is 0 Å². The average molecular weight is 232 g/mol. The van der Waals surface area contributed by atoms with Gasteiger partial charge in [-0.25, -0.2) is 0 Å². The maximum Gasteiger partial charge on any atom is 0.0234 e. The van der Waals surface area contributed by atoms with E-state index in [1.807, 2.05) is 0 Å². The number of nitrogens with zero attached hydrogens (tertiary/aromatic N) is 1. The Kier molecular flexibility index (Phi) is 3.85. The van der Waals surface area contributed by atoms with E-state index in [0.29, 0.717) is 0 Å². The maximum atomic E-state index is 3.39. The third-order valence-electron chi connectivity index (χ3n) is 3.41. The summed E-state index contributed by atoms with van der Waals surface area (Å²) in [5.41, 5.74) is 3.13. The van der Waals surface area contributed by atoms with Crippen molar-refractivity contribution in [3.8, 4) is 0 Å². The summed E-state index contributed by atoms with van der Waals surface area (Å²) >= 11 is 0. The number of hydrogen-bond acceptors (Lipinski definition) is 2. The second-order valence-corrected chi connectivity index (χ2v) is 5.98. The van der Waals surface area contributed by atoms with Gasteiger partial charge in [-0.2, -0.15) is 0 Å². The van der Waals surface area contributed by atoms with Crippen molar-refractivity contribution in [3.63, 3.8) is 0 Å². The van der Waals surface area contributed by atoms with Crippen LogP contribution in [0, 0.1) is 0 Å². The summed E-state index contributed by atoms with van der Waals surface area (Å²) < 4.78 is 0. The molecule has 0 atom stereocenters. The Labute approximate surface area is 105 Å². The van der Waals surface area contributed by atoms with Crippen LogP contribution < -0.4 is 5.32 Å². The number of rotatable bonds is 2. The van der Waals surface area contributed by atoms with Gasteiger partial charge in [0.05, 0.1) is 0 Å². The van der Waals surface area contributed by atoms with Gasteiger partial charge < -0.3 is 5.32 Å². The van der Waals surface area contributed by atoms with Crippen LogP contribution in [-0.4, -0.2) is 31.1 Å². The zero-order valence-electron chi connectivity index (χ0n) is 11.3. The molecule has 17 heavy (non-hydrogen) atoms. The van der Waals surface area contributed by atoms with Crippen molar-refractivity contribution in [1.82, 2.24) is 10.2 Å². The van der Waals surface area contributed by atoms with Crippen molar-refractivity contribution in [2.24, 2.45) is 0 Å². The molecule has 2 heteroatoms. The van der Waals surface area contributed by atoms with Crippen LogP contribution in [-0.2, 0) is 12.0 Å². The summed E-state index contributed by atoms with van der Waals surface area (Å²) in [5.74, 6) is 0. The minimum absolute atomic E-state index is 0.249. The van der Waals surface area contributed by atoms with Gasteiger partial charge in [0.25, 0.3) is 0 Å². The fourth-order valence-electron chi connectivity index (χ4n) is 2.26. The van der Waals surface area contributed by atoms with Crippen LogP contribution in [0.2, 0.25) is 0 Å². The lowest BCUT2D eigenvalue weighted by atomic mass is 9.86. The van der Waals surface area contributed by atoms with Crippen LogP contribution in [0.3, 0.4) is 0 Å². The highest BCUT2D eigenvalue weighted by Gasteiger charge is 2.15. The summed E-state index contributed by atoms with van der Waals surface area (Å²) in [6.07, 6.45) is 0. The number of piperazine rings is 1. The van der Waals surface area contributed by atoms with E-state index in [4.69, 9.17) is 0 Å². The molecule has 0 radical (unpaired) electrons. The van der Waals surface area contributed by atoms with E-state index >= 15 is 0 Å². The molecule has 1 aromatic rings. The summed E-state index contributed by atoms with van der Waals surface area (Å²) in [6.45, 7) is 12.5. The smallest absolute Gasteiger partial charge is 0.0234 e. The van der Waals surface area contributed by atoms with Gasteiger partial charge in [0, 0.05) is 32.7 Å². The average Bonchev–Trinajstić information content (AvgIpc) is 2.29. The molecule has 0 unspecified atom stereocenters. The Balaban J connectivity index is 2.05. The van der Waals surface area contributed by atoms with Gasteiger partial charge in [-0.05, 0) is 16.5 Å². The maximum absolute atomic E-state index is 3.39. The zero-order valence-corrected chi connectivity index (χ0v) is 11.3. The summed E-state index contributed by atoms with van der Waals surface area (Å²) in [6, 6.07) is 9.04. The largest absolute Gasteiger partial charge is 0.314 e. The zero-order chi connectivity index (χ0) is 12.3. The minimum Gasteiger partial charge on any atom is -0.314 e. The first-order chi connectivity index (χ1) is 8.05. The molecule has 1 aliphatic heterocycles. The normalized spacial score (nSPS) is 18.3. The third kappa shape index (κ3) is 3.55. The monoisotopic (exact) mass is 232 g/mol. The molecule has 2 nitrogen and oxygen atoms in total. The minimum atomic E-state index is 0.249. The van der Waals surface area contributed by atoms with Gasteiger partial charge in [0.15, 0.2) is 0 Å². The van der Waals surface area contributed by atoms with Crippen LogP contribution >= 0.6 is 0 Å². The van der Waals surface area contributed by atoms with Gasteiger partial charge in [0.1, 0.15) is 0 Å². The summed E-state index contributed by atoms with van der Waals surface area (Å²) in [4.78, 5) is 2.53. The van der Waals surface area contributed by atoms with Crippen LogP contribution in [0.25, 0.3) is 0 Å². The van der Waals surface area contributed by atoms with E-state index < -0.39 is 0 Å². The van der Waals surface area contributed by atoms with Gasteiger partial charge in [-0.15, -0.1) is 0 Å². The predicted molar refractivity (Wildman–Crippen MR) is 73.3 cm³/mol. The molecule has 0 saturated carbocycles. The Hall–Kier alpha value is -0.860. The topological polar surface area (TPSA) is 15.3 Å². The number of benzene rings is 1. The van der Waals surface area contributed by atoms with Crippen LogP contribution in [0.5, 0.6) is 0 Å². The standard InChI is InChI=1S/C15H24N2/c1-15(2,3)14-6-4-5-13(11-14)12-17-9-7-16-8-10-17/h4-6,11,16H,7-10,12H2,1-3H3. The molecule has 1 heterocycles. The molecule has 1 saturated heterocycles. The van der Waals surface area contributed by atoms with Crippen LogP contribution in [0.4, 0.5) is 0 Å². The fraction of sp³-hybridized carbons (Fsp3) is 0.600. The highest BCUT2D eigenvalue weighted by molar-refractivity contribution is 5.28. The molecule has 1 N–H and O–H groups in total. The van der Waals surface area contributed by atoms with Crippen molar-refractivity contribution in [3.05, 3.63) is 35.4 Å². The van der Waals surface area contributed by atoms with Crippen LogP contribution in [0.1, 0.15) is 31.9 Å². The number of hydrogen-bond donors (Lipinski definition) is 1. The Bertz CT molecular complexity index is 359. The molecule has 0 aliphatic carbocycles. The molecule has 2 rings (SSSR count). The predicted octanol–water partition coefficient (Wildman–Crippen LogP) is 2.39. The van der Waals surface area contributed by atoms with E-state index in [9.17, 15) is 0 Å². The Morgan fingerprint density at radius 1 is 1.18 bits per heavy atom. The van der Waals surface area contributed by atoms with E-state index in [0.717, 1.165) is 19.6 Å². The lowest BCUT2D eigenvalue weighted by Crippen LogP contribution is -2.42. The molecule has 0 bridgehead atoms. The first kappa shape index (κ1) is 12.6. The molecular formula is C15H24N2. The highest BCUT2D eigenvalue weighted by Crippen LogP contribution is 2.23. The molecule has 0 spiro atoms. The lowest BCUT2D eigenvalue weighted by Gasteiger charge is -2.28. The van der Waals surface area contributed by atoms with Crippen molar-refractivity contribution >= 4 is 0 Å². The molecular weight excluding hydrogens is 208 g/mol. The second kappa shape index (κ2) is 5.19. The molecule has 0 aromatic heterocycles. The van der Waals surface area contributed by atoms with Gasteiger partial charge in [-0.1, -0.05) is 45.0 Å². The second-order valence-electron chi connectivity index (χ2n) is 5.98. The molecule has 1 fully saturated rings. The molecule has 1 aliphatic rings. The van der Waals surface area contributed by atoms with Gasteiger partial charge in [0.2, 0.25) is 0 Å². The Morgan fingerprint density at radius 2 is 1.88 bits per heavy atom. The van der Waals surface area contributed by atoms with Crippen molar-refractivity contribution in [2.75, 3.05) is 26.2 Å². The number of nitrogens with one attached hydrogen (secondary N) is 1. The van der Waals surface area contributed by atoms with Crippen LogP contribution in [0.15, 0.2) is 24.3 Å². The SMILES string of the molecule is CC(C)(C)c1cccc(CN2CCNCC2)c1. The summed E-state index contributed by atoms with van der Waals surface area (Å²) in [5, 5.41) is 3.39. The first-order valence-electron chi connectivity index (χ1n) is 6.58. The molecule has 1 aromatic carbocycles. The quantitative estimate of drug-likeness (QED) is 0.842. The van der Waals surface area contributed by atoms with Crippen molar-refractivity contribution < 1.29 is 0 Å². The molecule has 0 amide bonds. The van der Waals surface area contributed by atoms with Gasteiger partial charge >= 0.3 is 0 Å². The molecule has 94 valence electrons. The van der Waals surface area contributed by atoms with Crippen molar-refractivity contribution in [2.45, 2.75) is 32.7 Å². The van der Waals surface area contributed by atoms with Gasteiger partial charge in [-0.3, -0.25) is 4.90 Å². The van der Waals surface area contributed by atoms with E-state index in [2.05, 4.69) is 55.3 Å². The fourth-order valence-corrected chi connectivity index (χ4v) is 2.26. The lowest BCUT2D eigenvalue weighted by molar-refractivity contribution is 0.233. The van der Waals surface area contributed by atoms with E-state index in [-0.39, 0.29) is 5.41 Å². The van der Waals surface area contributed by atoms with Crippen molar-refractivity contribution in [1.29, 1.82) is 0 Å². The Morgan fingerprint density at radius 3 is 2.53 bits per heavy atom. The summed E-state index contributed by atoms with van der Waals surface area (Å²) in [7, 11) is 0. The third-order valence-corrected chi connectivity index (χ3v) is 3.41. The highest BCUT2D eigenvalue weighted by atomic mass is 15.2. The van der Waals surface area contributed by atoms with E-state index in [1.165, 1.54) is 24.2 Å².